The Morgan fingerprint density at radius 3 is 2.53 bits per heavy atom. The number of fused-ring (bicyclic) bond motifs is 1. The second-order valence-corrected chi connectivity index (χ2v) is 7.40. The quantitative estimate of drug-likeness (QED) is 0.763. The predicted octanol–water partition coefficient (Wildman–Crippen LogP) is 2.42. The molecular weight excluding hydrogens is 382 g/mol. The van der Waals surface area contributed by atoms with Crippen LogP contribution in [0.3, 0.4) is 0 Å². The molecule has 2 N–H and O–H groups in total. The molecule has 0 aromatic heterocycles. The number of benzene rings is 2. The lowest BCUT2D eigenvalue weighted by Crippen LogP contribution is -2.35. The normalized spacial score (nSPS) is 16.2. The van der Waals surface area contributed by atoms with Gasteiger partial charge in [-0.3, -0.25) is 9.59 Å². The summed E-state index contributed by atoms with van der Waals surface area (Å²) in [6.07, 6.45) is 4.94. The molecule has 2 aliphatic rings. The van der Waals surface area contributed by atoms with Crippen LogP contribution < -0.4 is 10.2 Å². The van der Waals surface area contributed by atoms with E-state index in [4.69, 9.17) is 0 Å². The van der Waals surface area contributed by atoms with Gasteiger partial charge < -0.3 is 20.2 Å². The van der Waals surface area contributed by atoms with Gasteiger partial charge in [0.15, 0.2) is 0 Å². The Hall–Kier alpha value is -3.45. The lowest BCUT2D eigenvalue weighted by Gasteiger charge is -2.24. The standard InChI is InChI=1S/C23H23N3O4/c27-21-14-24-13-19-18(23(29)30)5-4-6-20(19)26(21)15-16-7-9-17(10-8-16)22(28)25-11-2-1-3-12-25/h1-2,4-10,24H,3,11-15H2,(H,29,30). The minimum Gasteiger partial charge on any atom is -0.478 e. The summed E-state index contributed by atoms with van der Waals surface area (Å²) in [6.45, 7) is 2.09. The van der Waals surface area contributed by atoms with Gasteiger partial charge in [-0.15, -0.1) is 0 Å². The van der Waals surface area contributed by atoms with Crippen LogP contribution in [0.2, 0.25) is 0 Å². The molecule has 2 aromatic carbocycles. The minimum absolute atomic E-state index is 0.00241. The van der Waals surface area contributed by atoms with Crippen molar-refractivity contribution in [3.63, 3.8) is 0 Å². The third-order valence-corrected chi connectivity index (χ3v) is 5.44. The molecule has 0 unspecified atom stereocenters. The van der Waals surface area contributed by atoms with Crippen molar-refractivity contribution in [2.45, 2.75) is 19.5 Å². The van der Waals surface area contributed by atoms with E-state index in [0.717, 1.165) is 18.5 Å². The highest BCUT2D eigenvalue weighted by molar-refractivity contribution is 5.99. The topological polar surface area (TPSA) is 90.0 Å². The average Bonchev–Trinajstić information content (AvgIpc) is 2.93. The first kappa shape index (κ1) is 19.8. The van der Waals surface area contributed by atoms with Crippen LogP contribution >= 0.6 is 0 Å². The fraction of sp³-hybridized carbons (Fsp3) is 0.261. The molecule has 0 atom stereocenters. The van der Waals surface area contributed by atoms with Crippen LogP contribution in [0.4, 0.5) is 5.69 Å². The van der Waals surface area contributed by atoms with E-state index in [1.54, 1.807) is 35.2 Å². The smallest absolute Gasteiger partial charge is 0.336 e. The summed E-state index contributed by atoms with van der Waals surface area (Å²) in [6, 6.07) is 12.2. The molecule has 30 heavy (non-hydrogen) atoms. The first-order valence-corrected chi connectivity index (χ1v) is 9.94. The van der Waals surface area contributed by atoms with Gasteiger partial charge in [-0.25, -0.2) is 4.79 Å². The zero-order chi connectivity index (χ0) is 21.1. The summed E-state index contributed by atoms with van der Waals surface area (Å²) >= 11 is 0. The predicted molar refractivity (Wildman–Crippen MR) is 112 cm³/mol. The maximum Gasteiger partial charge on any atom is 0.336 e. The van der Waals surface area contributed by atoms with E-state index in [0.29, 0.717) is 36.4 Å². The summed E-state index contributed by atoms with van der Waals surface area (Å²) < 4.78 is 0. The van der Waals surface area contributed by atoms with Gasteiger partial charge in [0.25, 0.3) is 5.91 Å². The molecule has 0 spiro atoms. The van der Waals surface area contributed by atoms with E-state index in [-0.39, 0.29) is 23.9 Å². The maximum absolute atomic E-state index is 12.7. The van der Waals surface area contributed by atoms with Crippen molar-refractivity contribution in [1.82, 2.24) is 10.2 Å². The minimum atomic E-state index is -1.02. The number of aromatic carboxylic acids is 1. The SMILES string of the molecule is O=C(O)c1cccc2c1CNCC(=O)N2Cc1ccc(C(=O)N2CC=CCC2)cc1. The molecule has 0 radical (unpaired) electrons. The molecule has 2 amide bonds. The van der Waals surface area contributed by atoms with Crippen molar-refractivity contribution >= 4 is 23.5 Å². The first-order valence-electron chi connectivity index (χ1n) is 9.94. The number of anilines is 1. The monoisotopic (exact) mass is 405 g/mol. The van der Waals surface area contributed by atoms with Gasteiger partial charge in [0.05, 0.1) is 18.7 Å². The van der Waals surface area contributed by atoms with Gasteiger partial charge in [0, 0.05) is 36.4 Å². The summed E-state index contributed by atoms with van der Waals surface area (Å²) in [5, 5.41) is 12.5. The molecular formula is C23H23N3O4. The highest BCUT2D eigenvalue weighted by Gasteiger charge is 2.25. The summed E-state index contributed by atoms with van der Waals surface area (Å²) in [4.78, 5) is 40.3. The van der Waals surface area contributed by atoms with Gasteiger partial charge in [-0.05, 0) is 36.2 Å². The Morgan fingerprint density at radius 1 is 1.03 bits per heavy atom. The van der Waals surface area contributed by atoms with Crippen molar-refractivity contribution in [2.24, 2.45) is 0 Å². The van der Waals surface area contributed by atoms with E-state index in [9.17, 15) is 19.5 Å². The Bertz CT molecular complexity index is 1010. The Labute approximate surface area is 174 Å². The number of carboxylic acid groups (broad SMARTS) is 1. The molecule has 2 heterocycles. The van der Waals surface area contributed by atoms with Crippen LogP contribution in [-0.4, -0.2) is 47.4 Å². The van der Waals surface area contributed by atoms with Crippen molar-refractivity contribution < 1.29 is 19.5 Å². The molecule has 7 heteroatoms. The molecule has 0 fully saturated rings. The zero-order valence-corrected chi connectivity index (χ0v) is 16.5. The van der Waals surface area contributed by atoms with Crippen molar-refractivity contribution in [3.05, 3.63) is 76.9 Å². The van der Waals surface area contributed by atoms with E-state index in [2.05, 4.69) is 11.4 Å². The Morgan fingerprint density at radius 2 is 1.83 bits per heavy atom. The number of amides is 2. The number of nitrogens with zero attached hydrogens (tertiary/aromatic N) is 2. The third kappa shape index (κ3) is 3.97. The van der Waals surface area contributed by atoms with E-state index in [1.165, 1.54) is 0 Å². The van der Waals surface area contributed by atoms with Crippen LogP contribution in [0.5, 0.6) is 0 Å². The largest absolute Gasteiger partial charge is 0.478 e. The van der Waals surface area contributed by atoms with Crippen LogP contribution in [0.15, 0.2) is 54.6 Å². The summed E-state index contributed by atoms with van der Waals surface area (Å²) in [5.41, 5.74) is 2.88. The second kappa shape index (κ2) is 8.51. The maximum atomic E-state index is 12.7. The van der Waals surface area contributed by atoms with E-state index < -0.39 is 5.97 Å². The van der Waals surface area contributed by atoms with Crippen LogP contribution in [0.1, 0.15) is 38.3 Å². The number of carboxylic acids is 1. The van der Waals surface area contributed by atoms with Crippen molar-refractivity contribution in [2.75, 3.05) is 24.5 Å². The average molecular weight is 405 g/mol. The van der Waals surface area contributed by atoms with Gasteiger partial charge in [0.1, 0.15) is 0 Å². The number of carbonyl (C=O) groups excluding carboxylic acids is 2. The number of carbonyl (C=O) groups is 3. The van der Waals surface area contributed by atoms with E-state index >= 15 is 0 Å². The molecule has 0 saturated heterocycles. The van der Waals surface area contributed by atoms with Crippen molar-refractivity contribution in [3.8, 4) is 0 Å². The lowest BCUT2D eigenvalue weighted by molar-refractivity contribution is -0.117. The molecule has 0 saturated carbocycles. The zero-order valence-electron chi connectivity index (χ0n) is 16.5. The van der Waals surface area contributed by atoms with Crippen LogP contribution in [-0.2, 0) is 17.9 Å². The highest BCUT2D eigenvalue weighted by atomic mass is 16.4. The Balaban J connectivity index is 1.57. The molecule has 2 aliphatic heterocycles. The number of rotatable bonds is 4. The van der Waals surface area contributed by atoms with Crippen molar-refractivity contribution in [1.29, 1.82) is 0 Å². The third-order valence-electron chi connectivity index (χ3n) is 5.44. The molecule has 4 rings (SSSR count). The number of nitrogens with one attached hydrogen (secondary N) is 1. The van der Waals surface area contributed by atoms with Crippen LogP contribution in [0.25, 0.3) is 0 Å². The number of hydrogen-bond donors (Lipinski definition) is 2. The van der Waals surface area contributed by atoms with Crippen LogP contribution in [0, 0.1) is 0 Å². The van der Waals surface area contributed by atoms with Gasteiger partial charge in [-0.2, -0.15) is 0 Å². The Kier molecular flexibility index (Phi) is 5.63. The molecule has 7 nitrogen and oxygen atoms in total. The summed E-state index contributed by atoms with van der Waals surface area (Å²) in [5.74, 6) is -1.15. The number of hydrogen-bond acceptors (Lipinski definition) is 4. The molecule has 154 valence electrons. The first-order chi connectivity index (χ1) is 14.5. The van der Waals surface area contributed by atoms with Gasteiger partial charge in [0.2, 0.25) is 5.91 Å². The molecule has 2 aromatic rings. The lowest BCUT2D eigenvalue weighted by atomic mass is 10.0. The molecule has 0 aliphatic carbocycles. The molecule has 0 bridgehead atoms. The van der Waals surface area contributed by atoms with Gasteiger partial charge in [-0.1, -0.05) is 30.4 Å². The fourth-order valence-electron chi connectivity index (χ4n) is 3.85. The van der Waals surface area contributed by atoms with E-state index in [1.807, 2.05) is 23.1 Å². The van der Waals surface area contributed by atoms with Gasteiger partial charge >= 0.3 is 5.97 Å². The fourth-order valence-corrected chi connectivity index (χ4v) is 3.85. The summed E-state index contributed by atoms with van der Waals surface area (Å²) in [7, 11) is 0. The highest BCUT2D eigenvalue weighted by Crippen LogP contribution is 2.28. The second-order valence-electron chi connectivity index (χ2n) is 7.40.